The number of hydrogen-bond donors (Lipinski definition) is 1. The summed E-state index contributed by atoms with van der Waals surface area (Å²) in [5.41, 5.74) is 1.07. The molecule has 0 spiro atoms. The Morgan fingerprint density at radius 1 is 1.13 bits per heavy atom. The first-order chi connectivity index (χ1) is 11.0. The molecular formula is C16H15N3O4. The number of nitrogens with zero attached hydrogens (tertiary/aromatic N) is 2. The number of rotatable bonds is 5. The van der Waals surface area contributed by atoms with Gasteiger partial charge in [0.1, 0.15) is 0 Å². The summed E-state index contributed by atoms with van der Waals surface area (Å²) in [7, 11) is 0. The summed E-state index contributed by atoms with van der Waals surface area (Å²) in [5, 5.41) is 2.60. The van der Waals surface area contributed by atoms with E-state index >= 15 is 0 Å². The van der Waals surface area contributed by atoms with E-state index in [1.807, 2.05) is 0 Å². The van der Waals surface area contributed by atoms with E-state index in [9.17, 15) is 14.4 Å². The quantitative estimate of drug-likeness (QED) is 0.668. The summed E-state index contributed by atoms with van der Waals surface area (Å²) < 4.78 is 5.02. The van der Waals surface area contributed by atoms with Gasteiger partial charge in [0, 0.05) is 23.6 Å². The van der Waals surface area contributed by atoms with Gasteiger partial charge in [-0.25, -0.2) is 9.78 Å². The van der Waals surface area contributed by atoms with Crippen molar-refractivity contribution in [3.8, 4) is 0 Å². The second-order valence-corrected chi connectivity index (χ2v) is 4.76. The van der Waals surface area contributed by atoms with Crippen LogP contribution in [0.3, 0.4) is 0 Å². The van der Waals surface area contributed by atoms with Crippen molar-refractivity contribution < 1.29 is 19.1 Å². The molecule has 1 aromatic heterocycles. The van der Waals surface area contributed by atoms with Gasteiger partial charge in [-0.1, -0.05) is 0 Å². The van der Waals surface area contributed by atoms with Crippen molar-refractivity contribution in [1.82, 2.24) is 9.97 Å². The fourth-order valence-electron chi connectivity index (χ4n) is 1.71. The molecule has 0 radical (unpaired) electrons. The van der Waals surface area contributed by atoms with E-state index in [4.69, 9.17) is 4.74 Å². The lowest BCUT2D eigenvalue weighted by Gasteiger charge is -2.13. The minimum atomic E-state index is -1.00. The SMILES string of the molecule is CC(=O)c1ccc(NC(=O)[C@H](C)OC(=O)c2cnccn2)cc1. The fraction of sp³-hybridized carbons (Fsp3) is 0.188. The van der Waals surface area contributed by atoms with Crippen LogP contribution in [0.15, 0.2) is 42.9 Å². The molecule has 0 saturated heterocycles. The van der Waals surface area contributed by atoms with E-state index < -0.39 is 18.0 Å². The highest BCUT2D eigenvalue weighted by Gasteiger charge is 2.19. The maximum Gasteiger partial charge on any atom is 0.359 e. The molecule has 0 saturated carbocycles. The smallest absolute Gasteiger partial charge is 0.359 e. The molecule has 2 rings (SSSR count). The average Bonchev–Trinajstić information content (AvgIpc) is 2.56. The minimum Gasteiger partial charge on any atom is -0.448 e. The lowest BCUT2D eigenvalue weighted by molar-refractivity contribution is -0.123. The van der Waals surface area contributed by atoms with Crippen molar-refractivity contribution in [1.29, 1.82) is 0 Å². The summed E-state index contributed by atoms with van der Waals surface area (Å²) in [5.74, 6) is -1.28. The Balaban J connectivity index is 1.94. The number of aromatic nitrogens is 2. The van der Waals surface area contributed by atoms with Crippen LogP contribution in [0, 0.1) is 0 Å². The molecule has 23 heavy (non-hydrogen) atoms. The number of ketones is 1. The molecule has 2 aromatic rings. The first-order valence-electron chi connectivity index (χ1n) is 6.86. The predicted molar refractivity (Wildman–Crippen MR) is 82.0 cm³/mol. The number of anilines is 1. The van der Waals surface area contributed by atoms with Crippen molar-refractivity contribution in [3.05, 3.63) is 54.1 Å². The molecule has 0 aliphatic carbocycles. The normalized spacial score (nSPS) is 11.4. The zero-order valence-electron chi connectivity index (χ0n) is 12.6. The van der Waals surface area contributed by atoms with E-state index in [0.717, 1.165) is 0 Å². The monoisotopic (exact) mass is 313 g/mol. The van der Waals surface area contributed by atoms with Crippen LogP contribution in [0.1, 0.15) is 34.7 Å². The molecule has 1 aromatic carbocycles. The van der Waals surface area contributed by atoms with Crippen molar-refractivity contribution in [3.63, 3.8) is 0 Å². The van der Waals surface area contributed by atoms with Crippen LogP contribution in [-0.4, -0.2) is 33.7 Å². The molecule has 1 amide bonds. The average molecular weight is 313 g/mol. The maximum absolute atomic E-state index is 12.0. The number of benzene rings is 1. The molecule has 0 aliphatic heterocycles. The van der Waals surface area contributed by atoms with E-state index in [0.29, 0.717) is 11.3 Å². The van der Waals surface area contributed by atoms with Gasteiger partial charge in [0.2, 0.25) is 0 Å². The van der Waals surface area contributed by atoms with Gasteiger partial charge >= 0.3 is 5.97 Å². The first kappa shape index (κ1) is 16.3. The number of hydrogen-bond acceptors (Lipinski definition) is 6. The van der Waals surface area contributed by atoms with Gasteiger partial charge in [-0.3, -0.25) is 14.6 Å². The highest BCUT2D eigenvalue weighted by atomic mass is 16.5. The van der Waals surface area contributed by atoms with Crippen molar-refractivity contribution in [2.45, 2.75) is 20.0 Å². The summed E-state index contributed by atoms with van der Waals surface area (Å²) in [6.45, 7) is 2.91. The highest BCUT2D eigenvalue weighted by Crippen LogP contribution is 2.11. The number of nitrogens with one attached hydrogen (secondary N) is 1. The largest absolute Gasteiger partial charge is 0.448 e. The third-order valence-electron chi connectivity index (χ3n) is 2.98. The summed E-state index contributed by atoms with van der Waals surface area (Å²) in [6.07, 6.45) is 3.04. The minimum absolute atomic E-state index is 0.0259. The van der Waals surface area contributed by atoms with Gasteiger partial charge < -0.3 is 10.1 Å². The molecule has 1 heterocycles. The van der Waals surface area contributed by atoms with E-state index in [1.165, 1.54) is 32.4 Å². The third-order valence-corrected chi connectivity index (χ3v) is 2.98. The van der Waals surface area contributed by atoms with Crippen LogP contribution in [-0.2, 0) is 9.53 Å². The number of Topliss-reactive ketones (excluding diaryl/α,β-unsaturated/α-hetero) is 1. The predicted octanol–water partition coefficient (Wildman–Crippen LogP) is 1.86. The molecule has 0 aliphatic rings. The van der Waals surface area contributed by atoms with Gasteiger partial charge in [0.15, 0.2) is 17.6 Å². The molecule has 0 fully saturated rings. The number of carbonyl (C=O) groups is 3. The van der Waals surface area contributed by atoms with Crippen molar-refractivity contribution >= 4 is 23.3 Å². The zero-order valence-corrected chi connectivity index (χ0v) is 12.6. The summed E-state index contributed by atoms with van der Waals surface area (Å²) in [6, 6.07) is 6.42. The zero-order chi connectivity index (χ0) is 16.8. The maximum atomic E-state index is 12.0. The highest BCUT2D eigenvalue weighted by molar-refractivity contribution is 5.98. The van der Waals surface area contributed by atoms with Gasteiger partial charge in [-0.2, -0.15) is 0 Å². The second kappa shape index (κ2) is 7.26. The van der Waals surface area contributed by atoms with Crippen LogP contribution >= 0.6 is 0 Å². The van der Waals surface area contributed by atoms with E-state index in [2.05, 4.69) is 15.3 Å². The Morgan fingerprint density at radius 3 is 2.39 bits per heavy atom. The van der Waals surface area contributed by atoms with Crippen LogP contribution in [0.4, 0.5) is 5.69 Å². The molecular weight excluding hydrogens is 298 g/mol. The topological polar surface area (TPSA) is 98.2 Å². The molecule has 0 bridgehead atoms. The number of carbonyl (C=O) groups excluding carboxylic acids is 3. The molecule has 118 valence electrons. The Hall–Kier alpha value is -3.09. The fourth-order valence-corrected chi connectivity index (χ4v) is 1.71. The number of ether oxygens (including phenoxy) is 1. The molecule has 7 nitrogen and oxygen atoms in total. The number of amides is 1. The van der Waals surface area contributed by atoms with Gasteiger partial charge in [-0.05, 0) is 38.1 Å². The third kappa shape index (κ3) is 4.44. The van der Waals surface area contributed by atoms with E-state index in [-0.39, 0.29) is 11.5 Å². The first-order valence-corrected chi connectivity index (χ1v) is 6.86. The Morgan fingerprint density at radius 2 is 1.83 bits per heavy atom. The molecule has 1 atom stereocenters. The molecule has 7 heteroatoms. The van der Waals surface area contributed by atoms with E-state index in [1.54, 1.807) is 24.3 Å². The Bertz CT molecular complexity index is 714. The molecule has 0 unspecified atom stereocenters. The Kier molecular flexibility index (Phi) is 5.14. The lowest BCUT2D eigenvalue weighted by Crippen LogP contribution is -2.30. The second-order valence-electron chi connectivity index (χ2n) is 4.76. The lowest BCUT2D eigenvalue weighted by atomic mass is 10.1. The Labute approximate surface area is 132 Å². The molecule has 1 N–H and O–H groups in total. The van der Waals surface area contributed by atoms with Crippen molar-refractivity contribution in [2.24, 2.45) is 0 Å². The van der Waals surface area contributed by atoms with Crippen molar-refractivity contribution in [2.75, 3.05) is 5.32 Å². The summed E-state index contributed by atoms with van der Waals surface area (Å²) in [4.78, 5) is 42.5. The van der Waals surface area contributed by atoms with Crippen LogP contribution < -0.4 is 5.32 Å². The number of esters is 1. The van der Waals surface area contributed by atoms with Crippen LogP contribution in [0.2, 0.25) is 0 Å². The van der Waals surface area contributed by atoms with Crippen LogP contribution in [0.25, 0.3) is 0 Å². The van der Waals surface area contributed by atoms with Crippen LogP contribution in [0.5, 0.6) is 0 Å². The summed E-state index contributed by atoms with van der Waals surface area (Å²) >= 11 is 0. The standard InChI is InChI=1S/C16H15N3O4/c1-10(20)12-3-5-13(6-4-12)19-15(21)11(2)23-16(22)14-9-17-7-8-18-14/h3-9,11H,1-2H3,(H,19,21)/t11-/m0/s1. The van der Waals surface area contributed by atoms with Gasteiger partial charge in [0.25, 0.3) is 5.91 Å². The van der Waals surface area contributed by atoms with Gasteiger partial charge in [-0.15, -0.1) is 0 Å². The van der Waals surface area contributed by atoms with Gasteiger partial charge in [0.05, 0.1) is 6.20 Å².